The van der Waals surface area contributed by atoms with Crippen molar-refractivity contribution in [3.63, 3.8) is 0 Å². The summed E-state index contributed by atoms with van der Waals surface area (Å²) in [5.41, 5.74) is 0.0382. The van der Waals surface area contributed by atoms with Crippen molar-refractivity contribution in [2.45, 2.75) is 45.3 Å². The lowest BCUT2D eigenvalue weighted by Crippen LogP contribution is -2.45. The lowest BCUT2D eigenvalue weighted by molar-refractivity contribution is 0.0528. The first-order valence-electron chi connectivity index (χ1n) is 8.68. The Morgan fingerprint density at radius 1 is 1.32 bits per heavy atom. The van der Waals surface area contributed by atoms with E-state index in [2.05, 4.69) is 10.6 Å². The van der Waals surface area contributed by atoms with Crippen molar-refractivity contribution in [1.82, 2.24) is 10.6 Å². The van der Waals surface area contributed by atoms with Crippen molar-refractivity contribution in [2.75, 3.05) is 31.1 Å². The fraction of sp³-hybridized carbons (Fsp3) is 0.611. The van der Waals surface area contributed by atoms with Gasteiger partial charge in [-0.15, -0.1) is 0 Å². The highest BCUT2D eigenvalue weighted by Gasteiger charge is 2.21. The summed E-state index contributed by atoms with van der Waals surface area (Å²) in [4.78, 5) is 13.5. The molecule has 0 bridgehead atoms. The summed E-state index contributed by atoms with van der Waals surface area (Å²) in [6.45, 7) is 8.15. The molecule has 0 radical (unpaired) electrons. The van der Waals surface area contributed by atoms with Gasteiger partial charge in [-0.1, -0.05) is 0 Å². The molecule has 0 atom stereocenters. The zero-order valence-corrected chi connectivity index (χ0v) is 15.1. The second-order valence-electron chi connectivity index (χ2n) is 7.28. The van der Waals surface area contributed by atoms with Crippen molar-refractivity contribution in [1.29, 1.82) is 0 Å². The summed E-state index contributed by atoms with van der Waals surface area (Å²) in [6.07, 6.45) is 1.38. The second kappa shape index (κ2) is 8.38. The smallest absolute Gasteiger partial charge is 0.407 e. The Hall–Kier alpha value is -2.02. The van der Waals surface area contributed by atoms with Gasteiger partial charge in [0.25, 0.3) is 0 Å². The molecule has 0 aliphatic carbocycles. The molecule has 0 spiro atoms. The van der Waals surface area contributed by atoms with Crippen LogP contribution in [-0.2, 0) is 4.74 Å². The number of anilines is 1. The van der Waals surface area contributed by atoms with Crippen LogP contribution in [0.1, 0.15) is 33.6 Å². The number of amides is 1. The number of phenolic OH excluding ortho intramolecular Hbond substituents is 1. The normalized spacial score (nSPS) is 15.9. The van der Waals surface area contributed by atoms with Gasteiger partial charge in [-0.25, -0.2) is 9.18 Å². The number of piperidine rings is 1. The predicted molar refractivity (Wildman–Crippen MR) is 95.5 cm³/mol. The minimum absolute atomic E-state index is 0.0599. The molecule has 1 heterocycles. The summed E-state index contributed by atoms with van der Waals surface area (Å²) in [5.74, 6) is -0.455. The van der Waals surface area contributed by atoms with E-state index in [1.807, 2.05) is 25.7 Å². The number of alkyl carbamates (subject to hydrolysis) is 1. The molecule has 1 amide bonds. The molecular formula is C18H28FN3O3. The summed E-state index contributed by atoms with van der Waals surface area (Å²) >= 11 is 0. The molecule has 1 aliphatic rings. The molecule has 1 aliphatic heterocycles. The minimum Gasteiger partial charge on any atom is -0.508 e. The van der Waals surface area contributed by atoms with Gasteiger partial charge >= 0.3 is 6.09 Å². The fourth-order valence-electron chi connectivity index (χ4n) is 2.83. The molecule has 1 saturated heterocycles. The van der Waals surface area contributed by atoms with E-state index in [0.29, 0.717) is 24.8 Å². The van der Waals surface area contributed by atoms with Gasteiger partial charge in [-0.2, -0.15) is 0 Å². The number of rotatable bonds is 5. The van der Waals surface area contributed by atoms with Crippen LogP contribution in [0.3, 0.4) is 0 Å². The third-order valence-corrected chi connectivity index (χ3v) is 3.99. The van der Waals surface area contributed by atoms with Crippen LogP contribution in [0.5, 0.6) is 5.75 Å². The highest BCUT2D eigenvalue weighted by atomic mass is 19.1. The number of carbonyl (C=O) groups excluding carboxylic acids is 1. The lowest BCUT2D eigenvalue weighted by Gasteiger charge is -2.34. The molecule has 3 N–H and O–H groups in total. The summed E-state index contributed by atoms with van der Waals surface area (Å²) in [6, 6.07) is 4.60. The molecule has 1 aromatic carbocycles. The summed E-state index contributed by atoms with van der Waals surface area (Å²) in [7, 11) is 0. The number of aromatic hydroxyl groups is 1. The molecule has 0 aromatic heterocycles. The van der Waals surface area contributed by atoms with Crippen molar-refractivity contribution >= 4 is 11.8 Å². The Morgan fingerprint density at radius 2 is 2.00 bits per heavy atom. The molecule has 1 fully saturated rings. The Labute approximate surface area is 148 Å². The summed E-state index contributed by atoms with van der Waals surface area (Å²) < 4.78 is 19.1. The van der Waals surface area contributed by atoms with Gasteiger partial charge in [-0.05, 0) is 45.7 Å². The third-order valence-electron chi connectivity index (χ3n) is 3.99. The molecule has 25 heavy (non-hydrogen) atoms. The zero-order chi connectivity index (χ0) is 18.4. The number of hydrogen-bond acceptors (Lipinski definition) is 5. The van der Waals surface area contributed by atoms with Gasteiger partial charge in [0.1, 0.15) is 17.2 Å². The molecule has 2 rings (SSSR count). The molecule has 7 heteroatoms. The first-order chi connectivity index (χ1) is 11.7. The van der Waals surface area contributed by atoms with Crippen LogP contribution in [0.25, 0.3) is 0 Å². The molecule has 0 unspecified atom stereocenters. The Kier molecular flexibility index (Phi) is 6.47. The van der Waals surface area contributed by atoms with E-state index in [-0.39, 0.29) is 5.75 Å². The fourth-order valence-corrected chi connectivity index (χ4v) is 2.83. The average molecular weight is 353 g/mol. The van der Waals surface area contributed by atoms with Crippen LogP contribution in [0.2, 0.25) is 0 Å². The standard InChI is InChI=1S/C18H28FN3O3/c1-18(2,3)25-17(24)21-9-8-20-13-6-10-22(11-7-13)16-5-4-14(23)12-15(16)19/h4-5,12-13,20,23H,6-11H2,1-3H3,(H,21,24). The number of hydrogen-bond donors (Lipinski definition) is 3. The quantitative estimate of drug-likeness (QED) is 0.710. The van der Waals surface area contributed by atoms with E-state index >= 15 is 0 Å². The van der Waals surface area contributed by atoms with E-state index < -0.39 is 17.5 Å². The van der Waals surface area contributed by atoms with Gasteiger partial charge in [-0.3, -0.25) is 0 Å². The maximum Gasteiger partial charge on any atom is 0.407 e. The van der Waals surface area contributed by atoms with Gasteiger partial charge in [0, 0.05) is 38.3 Å². The first kappa shape index (κ1) is 19.3. The molecular weight excluding hydrogens is 325 g/mol. The second-order valence-corrected chi connectivity index (χ2v) is 7.28. The highest BCUT2D eigenvalue weighted by Crippen LogP contribution is 2.26. The number of carbonyl (C=O) groups is 1. The van der Waals surface area contributed by atoms with E-state index in [1.165, 1.54) is 6.07 Å². The Balaban J connectivity index is 1.66. The number of phenols is 1. The van der Waals surface area contributed by atoms with Crippen LogP contribution in [0, 0.1) is 5.82 Å². The van der Waals surface area contributed by atoms with E-state index in [0.717, 1.165) is 32.0 Å². The monoisotopic (exact) mass is 353 g/mol. The minimum atomic E-state index is -0.492. The number of benzene rings is 1. The van der Waals surface area contributed by atoms with Gasteiger partial charge in [0.2, 0.25) is 0 Å². The van der Waals surface area contributed by atoms with Gasteiger partial charge in [0.05, 0.1) is 5.69 Å². The van der Waals surface area contributed by atoms with Gasteiger partial charge < -0.3 is 25.4 Å². The topological polar surface area (TPSA) is 73.8 Å². The van der Waals surface area contributed by atoms with Crippen LogP contribution in [0.15, 0.2) is 18.2 Å². The van der Waals surface area contributed by atoms with E-state index in [9.17, 15) is 14.3 Å². The molecule has 6 nitrogen and oxygen atoms in total. The Morgan fingerprint density at radius 3 is 2.60 bits per heavy atom. The third kappa shape index (κ3) is 6.42. The van der Waals surface area contributed by atoms with Crippen LogP contribution in [0.4, 0.5) is 14.9 Å². The van der Waals surface area contributed by atoms with Crippen LogP contribution < -0.4 is 15.5 Å². The predicted octanol–water partition coefficient (Wildman–Crippen LogP) is 2.61. The van der Waals surface area contributed by atoms with Crippen molar-refractivity contribution < 1.29 is 19.0 Å². The first-order valence-corrected chi connectivity index (χ1v) is 8.68. The summed E-state index contributed by atoms with van der Waals surface area (Å²) in [5, 5.41) is 15.4. The SMILES string of the molecule is CC(C)(C)OC(=O)NCCNC1CCN(c2ccc(O)cc2F)CC1. The van der Waals surface area contributed by atoms with Gasteiger partial charge in [0.15, 0.2) is 0 Å². The van der Waals surface area contributed by atoms with Crippen molar-refractivity contribution in [3.05, 3.63) is 24.0 Å². The zero-order valence-electron chi connectivity index (χ0n) is 15.1. The number of nitrogens with one attached hydrogen (secondary N) is 2. The maximum atomic E-state index is 13.9. The van der Waals surface area contributed by atoms with Crippen molar-refractivity contribution in [3.8, 4) is 5.75 Å². The molecule has 1 aromatic rings. The number of ether oxygens (including phenoxy) is 1. The number of halogens is 1. The maximum absolute atomic E-state index is 13.9. The van der Waals surface area contributed by atoms with Crippen LogP contribution in [-0.4, -0.2) is 49.0 Å². The highest BCUT2D eigenvalue weighted by molar-refractivity contribution is 5.67. The largest absolute Gasteiger partial charge is 0.508 e. The van der Waals surface area contributed by atoms with E-state index in [1.54, 1.807) is 6.07 Å². The Bertz CT molecular complexity index is 581. The van der Waals surface area contributed by atoms with Crippen molar-refractivity contribution in [2.24, 2.45) is 0 Å². The van der Waals surface area contributed by atoms with Crippen LogP contribution >= 0.6 is 0 Å². The van der Waals surface area contributed by atoms with E-state index in [4.69, 9.17) is 4.74 Å². The molecule has 140 valence electrons. The number of nitrogens with zero attached hydrogens (tertiary/aromatic N) is 1. The lowest BCUT2D eigenvalue weighted by atomic mass is 10.0. The average Bonchev–Trinajstić information content (AvgIpc) is 2.51. The molecule has 0 saturated carbocycles.